The van der Waals surface area contributed by atoms with Gasteiger partial charge in [-0.05, 0) is 46.4 Å². The van der Waals surface area contributed by atoms with Gasteiger partial charge in [0, 0.05) is 14.7 Å². The molecule has 0 aliphatic rings. The summed E-state index contributed by atoms with van der Waals surface area (Å²) in [6, 6.07) is 17.1. The number of sulfonamides is 2. The maximum absolute atomic E-state index is 13.9. The lowest BCUT2D eigenvalue weighted by Crippen LogP contribution is -2.50. The van der Waals surface area contributed by atoms with Crippen LogP contribution in [-0.2, 0) is 20.0 Å². The van der Waals surface area contributed by atoms with Crippen LogP contribution in [0.2, 0.25) is 0 Å². The third kappa shape index (κ3) is 4.55. The second-order valence-electron chi connectivity index (χ2n) is 7.08. The van der Waals surface area contributed by atoms with Gasteiger partial charge in [-0.15, -0.1) is 0 Å². The molecule has 3 aromatic rings. The average molecular weight is 558 g/mol. The van der Waals surface area contributed by atoms with Crippen LogP contribution in [0.4, 0.5) is 26.3 Å². The van der Waals surface area contributed by atoms with Crippen molar-refractivity contribution in [2.45, 2.75) is 32.6 Å². The van der Waals surface area contributed by atoms with Crippen LogP contribution in [0.1, 0.15) is 5.56 Å². The first-order valence-corrected chi connectivity index (χ1v) is 14.0. The number of hydrogen-bond donors (Lipinski definition) is 0. The Morgan fingerprint density at radius 3 is 1.17 bits per heavy atom. The van der Waals surface area contributed by atoms with Crippen molar-refractivity contribution in [3.8, 4) is 0 Å². The number of alkyl halides is 6. The zero-order valence-corrected chi connectivity index (χ0v) is 20.1. The largest absolute Gasteiger partial charge is 0.513 e. The minimum atomic E-state index is -7.13. The van der Waals surface area contributed by atoms with Gasteiger partial charge in [0.2, 0.25) is 0 Å². The second-order valence-corrected chi connectivity index (χ2v) is 14.3. The molecule has 0 saturated heterocycles. The van der Waals surface area contributed by atoms with Gasteiger partial charge in [-0.2, -0.15) is 26.3 Å². The van der Waals surface area contributed by atoms with Crippen molar-refractivity contribution >= 4 is 30.3 Å². The molecule has 14 heteroatoms. The van der Waals surface area contributed by atoms with E-state index < -0.39 is 44.4 Å². The van der Waals surface area contributed by atoms with Crippen molar-refractivity contribution in [2.75, 3.05) is 0 Å². The summed E-state index contributed by atoms with van der Waals surface area (Å²) in [5.41, 5.74) is -12.2. The van der Waals surface area contributed by atoms with E-state index >= 15 is 0 Å². The fraction of sp³-hybridized carbons (Fsp3) is 0.143. The van der Waals surface area contributed by atoms with Crippen LogP contribution in [0.5, 0.6) is 0 Å². The third-order valence-corrected chi connectivity index (χ3v) is 13.7. The summed E-state index contributed by atoms with van der Waals surface area (Å²) in [4.78, 5) is -1.13. The summed E-state index contributed by atoms with van der Waals surface area (Å²) in [7, 11) is -18.7. The number of aryl methyl sites for hydroxylation is 1. The molecule has 190 valence electrons. The zero-order chi connectivity index (χ0) is 26.3. The highest BCUT2D eigenvalue weighted by Gasteiger charge is 2.67. The molecule has 0 bridgehead atoms. The number of nitrogens with zero attached hydrogens (tertiary/aromatic N) is 1. The van der Waals surface area contributed by atoms with Crippen molar-refractivity contribution in [3.63, 3.8) is 0 Å². The Bertz CT molecular complexity index is 1310. The SMILES string of the molecule is Cc1ccc(S(c2ccccc2)(c2ccccc2)N(S(=O)(=O)C(F)(F)F)S(=O)(=O)C(F)(F)F)cc1. The van der Waals surface area contributed by atoms with Gasteiger partial charge in [0.25, 0.3) is 0 Å². The topological polar surface area (TPSA) is 71.5 Å². The Balaban J connectivity index is 2.70. The van der Waals surface area contributed by atoms with Gasteiger partial charge in [0.15, 0.2) is 0 Å². The van der Waals surface area contributed by atoms with E-state index in [4.69, 9.17) is 0 Å². The highest BCUT2D eigenvalue weighted by Crippen LogP contribution is 2.73. The average Bonchev–Trinajstić information content (AvgIpc) is 2.77. The molecule has 0 spiro atoms. The molecule has 0 aliphatic carbocycles. The zero-order valence-electron chi connectivity index (χ0n) is 17.7. The van der Waals surface area contributed by atoms with Crippen LogP contribution >= 0.6 is 10.2 Å². The standard InChI is InChI=1S/C21H17F6NO4S3/c1-16-12-14-19(15-13-16)33(17-8-4-2-5-9-17,18-10-6-3-7-11-18)28(34(29,30)20(22,23)24)35(31,32)21(25,26)27/h2-15H,1H3. The molecule has 35 heavy (non-hydrogen) atoms. The predicted octanol–water partition coefficient (Wildman–Crippen LogP) is 6.19. The summed E-state index contributed by atoms with van der Waals surface area (Å²) in [6.07, 6.45) is 0. The minimum absolute atomic E-state index is 0.374. The Hall–Kier alpha value is -2.55. The number of rotatable bonds is 6. The van der Waals surface area contributed by atoms with Crippen LogP contribution in [-0.4, -0.2) is 31.0 Å². The summed E-state index contributed by atoms with van der Waals surface area (Å²) in [5.74, 6) is 0. The Labute approximate surface area is 199 Å². The van der Waals surface area contributed by atoms with E-state index in [1.54, 1.807) is 6.92 Å². The molecule has 0 N–H and O–H groups in total. The van der Waals surface area contributed by atoms with E-state index in [1.165, 1.54) is 48.5 Å². The molecular formula is C21H17F6NO4S3. The van der Waals surface area contributed by atoms with Gasteiger partial charge in [-0.1, -0.05) is 64.3 Å². The molecule has 0 radical (unpaired) electrons. The third-order valence-electron chi connectivity index (χ3n) is 4.73. The van der Waals surface area contributed by atoms with E-state index in [0.29, 0.717) is 5.56 Å². The first-order chi connectivity index (χ1) is 16.1. The highest BCUT2D eigenvalue weighted by atomic mass is 32.4. The van der Waals surface area contributed by atoms with Crippen LogP contribution in [0, 0.1) is 6.92 Å². The van der Waals surface area contributed by atoms with Crippen LogP contribution in [0.3, 0.4) is 0 Å². The molecule has 0 saturated carbocycles. The van der Waals surface area contributed by atoms with Crippen LogP contribution in [0.25, 0.3) is 0 Å². The molecule has 0 heterocycles. The van der Waals surface area contributed by atoms with Gasteiger partial charge < -0.3 is 0 Å². The van der Waals surface area contributed by atoms with Gasteiger partial charge in [0.1, 0.15) is 0 Å². The van der Waals surface area contributed by atoms with Crippen molar-refractivity contribution < 1.29 is 43.2 Å². The molecule has 0 unspecified atom stereocenters. The van der Waals surface area contributed by atoms with Crippen LogP contribution < -0.4 is 0 Å². The van der Waals surface area contributed by atoms with Crippen LogP contribution in [0.15, 0.2) is 99.6 Å². The minimum Gasteiger partial charge on any atom is -0.201 e. The molecule has 3 rings (SSSR count). The molecular weight excluding hydrogens is 540 g/mol. The van der Waals surface area contributed by atoms with E-state index in [9.17, 15) is 43.2 Å². The van der Waals surface area contributed by atoms with Crippen molar-refractivity contribution in [2.24, 2.45) is 0 Å². The maximum atomic E-state index is 13.9. The monoisotopic (exact) mass is 557 g/mol. The van der Waals surface area contributed by atoms with E-state index in [-0.39, 0.29) is 14.7 Å². The predicted molar refractivity (Wildman–Crippen MR) is 118 cm³/mol. The molecule has 0 aromatic heterocycles. The first-order valence-electron chi connectivity index (χ1n) is 9.51. The highest BCUT2D eigenvalue weighted by molar-refractivity contribution is 8.41. The van der Waals surface area contributed by atoms with E-state index in [1.807, 2.05) is 0 Å². The molecule has 0 atom stereocenters. The summed E-state index contributed by atoms with van der Waals surface area (Å²) in [6.45, 7) is 1.59. The normalized spacial score (nSPS) is 14.2. The van der Waals surface area contributed by atoms with E-state index in [0.717, 1.165) is 36.4 Å². The quantitative estimate of drug-likeness (QED) is 0.339. The maximum Gasteiger partial charge on any atom is 0.513 e. The fourth-order valence-corrected chi connectivity index (χ4v) is 12.5. The summed E-state index contributed by atoms with van der Waals surface area (Å²) in [5, 5.41) is 0. The summed E-state index contributed by atoms with van der Waals surface area (Å²) < 4.78 is 133. The lowest BCUT2D eigenvalue weighted by molar-refractivity contribution is -0.0505. The fourth-order valence-electron chi connectivity index (χ4n) is 3.23. The Morgan fingerprint density at radius 2 is 0.857 bits per heavy atom. The van der Waals surface area contributed by atoms with Crippen molar-refractivity contribution in [1.29, 1.82) is 0 Å². The Morgan fingerprint density at radius 1 is 0.543 bits per heavy atom. The van der Waals surface area contributed by atoms with Crippen molar-refractivity contribution in [3.05, 3.63) is 90.5 Å². The number of hydrogen-bond acceptors (Lipinski definition) is 4. The first kappa shape index (κ1) is 27.0. The molecule has 3 aromatic carbocycles. The van der Waals surface area contributed by atoms with Gasteiger partial charge in [-0.3, -0.25) is 0 Å². The van der Waals surface area contributed by atoms with Gasteiger partial charge >= 0.3 is 31.1 Å². The van der Waals surface area contributed by atoms with Crippen molar-refractivity contribution in [1.82, 2.24) is 3.12 Å². The second kappa shape index (κ2) is 9.15. The van der Waals surface area contributed by atoms with E-state index in [2.05, 4.69) is 0 Å². The lowest BCUT2D eigenvalue weighted by Gasteiger charge is -2.47. The lowest BCUT2D eigenvalue weighted by atomic mass is 10.2. The molecule has 0 amide bonds. The summed E-state index contributed by atoms with van der Waals surface area (Å²) >= 11 is 0. The van der Waals surface area contributed by atoms with Gasteiger partial charge in [0.05, 0.1) is 0 Å². The number of benzene rings is 3. The Kier molecular flexibility index (Phi) is 7.07. The molecule has 0 fully saturated rings. The molecule has 0 aliphatic heterocycles. The molecule has 5 nitrogen and oxygen atoms in total. The smallest absolute Gasteiger partial charge is 0.201 e. The van der Waals surface area contributed by atoms with Gasteiger partial charge in [-0.25, -0.2) is 16.8 Å². The number of halogens is 6.